The van der Waals surface area contributed by atoms with Crippen LogP contribution in [0, 0.1) is 0 Å². The van der Waals surface area contributed by atoms with Crippen molar-refractivity contribution in [2.45, 2.75) is 38.5 Å². The fourth-order valence-electron chi connectivity index (χ4n) is 6.66. The predicted octanol–water partition coefficient (Wildman–Crippen LogP) is 8.77. The summed E-state index contributed by atoms with van der Waals surface area (Å²) in [4.78, 5) is 12.4. The second-order valence-electron chi connectivity index (χ2n) is 12.7. The molecule has 5 aromatic carbocycles. The number of para-hydroxylation sites is 2. The van der Waals surface area contributed by atoms with Crippen molar-refractivity contribution < 1.29 is 16.8 Å². The number of likely N-dealkylation sites (tertiary alicyclic amines) is 1. The van der Waals surface area contributed by atoms with Crippen molar-refractivity contribution in [2.75, 3.05) is 13.1 Å². The maximum Gasteiger partial charge on any atom is 0.208 e. The average molecular weight is 724 g/mol. The van der Waals surface area contributed by atoms with E-state index in [1.165, 1.54) is 23.5 Å². The Balaban J connectivity index is 0.000000175. The first-order chi connectivity index (χ1) is 25.2. The summed E-state index contributed by atoms with van der Waals surface area (Å²) in [7, 11) is -7.11. The van der Waals surface area contributed by atoms with Gasteiger partial charge in [-0.2, -0.15) is 0 Å². The number of rotatable bonds is 8. The molecule has 1 atom stereocenters. The summed E-state index contributed by atoms with van der Waals surface area (Å²) in [5, 5.41) is 1.65. The summed E-state index contributed by atoms with van der Waals surface area (Å²) >= 11 is 0. The molecule has 0 bridgehead atoms. The molecule has 8 rings (SSSR count). The van der Waals surface area contributed by atoms with Crippen LogP contribution in [0.2, 0.25) is 0 Å². The number of hydrogen-bond donors (Lipinski definition) is 0. The molecule has 0 saturated carbocycles. The summed E-state index contributed by atoms with van der Waals surface area (Å²) < 4.78 is 51.1. The summed E-state index contributed by atoms with van der Waals surface area (Å²) in [6.07, 6.45) is 5.70. The first-order valence-electron chi connectivity index (χ1n) is 17.0. The summed E-state index contributed by atoms with van der Waals surface area (Å²) in [6, 6.07) is 42.5. The van der Waals surface area contributed by atoms with Gasteiger partial charge in [-0.1, -0.05) is 116 Å². The summed E-state index contributed by atoms with van der Waals surface area (Å²) in [5.41, 5.74) is 5.07. The van der Waals surface area contributed by atoms with Gasteiger partial charge in [0.2, 0.25) is 19.7 Å². The van der Waals surface area contributed by atoms with E-state index in [0.29, 0.717) is 10.8 Å². The third-order valence-electron chi connectivity index (χ3n) is 9.34. The van der Waals surface area contributed by atoms with E-state index in [2.05, 4.69) is 51.8 Å². The third kappa shape index (κ3) is 7.29. The summed E-state index contributed by atoms with van der Waals surface area (Å²) in [6.45, 7) is 6.73. The first kappa shape index (κ1) is 34.9. The van der Waals surface area contributed by atoms with E-state index in [-0.39, 0.29) is 14.7 Å². The molecule has 260 valence electrons. The monoisotopic (exact) mass is 723 g/mol. The largest absolute Gasteiger partial charge is 0.298 e. The quantitative estimate of drug-likeness (QED) is 0.155. The number of pyridine rings is 2. The molecule has 0 spiro atoms. The number of benzene rings is 5. The number of fused-ring (bicyclic) bond motifs is 2. The number of sulfone groups is 2. The third-order valence-corrected chi connectivity index (χ3v) is 12.8. The van der Waals surface area contributed by atoms with Crippen molar-refractivity contribution in [3.8, 4) is 0 Å². The molecule has 7 aromatic rings. The van der Waals surface area contributed by atoms with Gasteiger partial charge in [0, 0.05) is 41.8 Å². The molecule has 2 aromatic heterocycles. The minimum atomic E-state index is -3.58. The fourth-order valence-corrected chi connectivity index (χ4v) is 9.18. The molecule has 1 aliphatic heterocycles. The Labute approximate surface area is 304 Å². The molecule has 0 radical (unpaired) electrons. The van der Waals surface area contributed by atoms with Crippen LogP contribution in [0.4, 0.5) is 0 Å². The molecule has 1 fully saturated rings. The SMILES string of the molecule is C=Cc1cccc2cc(S(=O)(=O)c3ccccc3)cnc12.O=S(=O)(c1ccccc1)c1cnc2c(C3CCN(Cc4ccccc4)C3)cccc2c1. The maximum absolute atomic E-state index is 13.0. The van der Waals surface area contributed by atoms with Crippen molar-refractivity contribution in [3.05, 3.63) is 175 Å². The lowest BCUT2D eigenvalue weighted by Gasteiger charge is -2.17. The second-order valence-corrected chi connectivity index (χ2v) is 16.6. The molecule has 52 heavy (non-hydrogen) atoms. The summed E-state index contributed by atoms with van der Waals surface area (Å²) in [5.74, 6) is 0.400. The Morgan fingerprint density at radius 1 is 0.615 bits per heavy atom. The highest BCUT2D eigenvalue weighted by atomic mass is 32.2. The molecule has 9 heteroatoms. The highest BCUT2D eigenvalue weighted by molar-refractivity contribution is 7.91. The molecular weight excluding hydrogens is 687 g/mol. The van der Waals surface area contributed by atoms with Crippen LogP contribution in [0.3, 0.4) is 0 Å². The zero-order valence-electron chi connectivity index (χ0n) is 28.4. The van der Waals surface area contributed by atoms with Crippen molar-refractivity contribution >= 4 is 47.6 Å². The smallest absolute Gasteiger partial charge is 0.208 e. The van der Waals surface area contributed by atoms with Crippen molar-refractivity contribution in [1.29, 1.82) is 0 Å². The highest BCUT2D eigenvalue weighted by Gasteiger charge is 2.26. The topological polar surface area (TPSA) is 97.3 Å². The minimum absolute atomic E-state index is 0.197. The van der Waals surface area contributed by atoms with Crippen LogP contribution in [-0.4, -0.2) is 44.8 Å². The van der Waals surface area contributed by atoms with Crippen LogP contribution in [0.25, 0.3) is 27.9 Å². The van der Waals surface area contributed by atoms with Crippen molar-refractivity contribution in [1.82, 2.24) is 14.9 Å². The van der Waals surface area contributed by atoms with Crippen LogP contribution in [-0.2, 0) is 26.2 Å². The molecule has 1 aliphatic rings. The van der Waals surface area contributed by atoms with Gasteiger partial charge in [-0.3, -0.25) is 14.9 Å². The van der Waals surface area contributed by atoms with E-state index in [9.17, 15) is 16.8 Å². The number of aromatic nitrogens is 2. The predicted molar refractivity (Wildman–Crippen MR) is 206 cm³/mol. The lowest BCUT2D eigenvalue weighted by molar-refractivity contribution is 0.327. The fraction of sp³-hybridized carbons (Fsp3) is 0.116. The van der Waals surface area contributed by atoms with E-state index < -0.39 is 19.7 Å². The molecule has 7 nitrogen and oxygen atoms in total. The number of hydrogen-bond acceptors (Lipinski definition) is 7. The molecular formula is C43H37N3O4S2. The number of nitrogens with zero attached hydrogens (tertiary/aromatic N) is 3. The Morgan fingerprint density at radius 3 is 1.71 bits per heavy atom. The zero-order chi connectivity index (χ0) is 36.1. The lowest BCUT2D eigenvalue weighted by atomic mass is 9.95. The Kier molecular flexibility index (Phi) is 10.1. The van der Waals surface area contributed by atoms with Crippen LogP contribution in [0.5, 0.6) is 0 Å². The molecule has 0 amide bonds. The standard InChI is InChI=1S/C26H24N2O2S.C17H13NO2S/c29-31(30,23-11-5-2-6-12-23)24-16-21-10-7-13-25(26(21)27-17-24)22-14-15-28(19-22)18-20-8-3-1-4-9-20;1-2-13-7-6-8-14-11-16(12-18-17(13)14)21(19,20)15-9-4-3-5-10-15/h1-13,16-17,22H,14-15,18-19H2;2-12H,1H2. The van der Waals surface area contributed by atoms with Gasteiger partial charge in [0.1, 0.15) is 0 Å². The van der Waals surface area contributed by atoms with Gasteiger partial charge in [-0.15, -0.1) is 0 Å². The van der Waals surface area contributed by atoms with Crippen LogP contribution < -0.4 is 0 Å². The van der Waals surface area contributed by atoms with Gasteiger partial charge < -0.3 is 0 Å². The zero-order valence-corrected chi connectivity index (χ0v) is 30.0. The molecule has 1 unspecified atom stereocenters. The van der Waals surface area contributed by atoms with Gasteiger partial charge in [0.05, 0.1) is 30.6 Å². The Hall–Kier alpha value is -5.48. The van der Waals surface area contributed by atoms with E-state index in [4.69, 9.17) is 0 Å². The van der Waals surface area contributed by atoms with E-state index >= 15 is 0 Å². The minimum Gasteiger partial charge on any atom is -0.298 e. The molecule has 1 saturated heterocycles. The van der Waals surface area contributed by atoms with Crippen molar-refractivity contribution in [3.63, 3.8) is 0 Å². The van der Waals surface area contributed by atoms with Crippen LogP contribution in [0.15, 0.2) is 178 Å². The Morgan fingerprint density at radius 2 is 1.13 bits per heavy atom. The van der Waals surface area contributed by atoms with E-state index in [1.54, 1.807) is 72.8 Å². The average Bonchev–Trinajstić information content (AvgIpc) is 3.66. The molecule has 3 heterocycles. The maximum atomic E-state index is 13.0. The van der Waals surface area contributed by atoms with E-state index in [1.807, 2.05) is 42.5 Å². The highest BCUT2D eigenvalue weighted by Crippen LogP contribution is 2.33. The van der Waals surface area contributed by atoms with E-state index in [0.717, 1.165) is 53.4 Å². The molecule has 0 N–H and O–H groups in total. The van der Waals surface area contributed by atoms with Crippen LogP contribution in [0.1, 0.15) is 29.0 Å². The van der Waals surface area contributed by atoms with Crippen molar-refractivity contribution in [2.24, 2.45) is 0 Å². The van der Waals surface area contributed by atoms with Gasteiger partial charge in [-0.25, -0.2) is 16.8 Å². The van der Waals surface area contributed by atoms with Gasteiger partial charge in [0.25, 0.3) is 0 Å². The van der Waals surface area contributed by atoms with Crippen LogP contribution >= 0.6 is 0 Å². The van der Waals surface area contributed by atoms with Gasteiger partial charge >= 0.3 is 0 Å². The molecule has 0 aliphatic carbocycles. The lowest BCUT2D eigenvalue weighted by Crippen LogP contribution is -2.19. The first-order valence-corrected chi connectivity index (χ1v) is 20.0. The normalized spacial score (nSPS) is 14.9. The Bertz CT molecular complexity index is 2580. The van der Waals surface area contributed by atoms with Gasteiger partial charge in [0.15, 0.2) is 0 Å². The second kappa shape index (κ2) is 15.0. The van der Waals surface area contributed by atoms with Gasteiger partial charge in [-0.05, 0) is 66.4 Å².